The van der Waals surface area contributed by atoms with Crippen molar-refractivity contribution in [2.24, 2.45) is 10.9 Å². The van der Waals surface area contributed by atoms with E-state index in [2.05, 4.69) is 4.99 Å². The van der Waals surface area contributed by atoms with Crippen molar-refractivity contribution in [2.45, 2.75) is 25.6 Å². The van der Waals surface area contributed by atoms with Crippen LogP contribution >= 0.6 is 11.3 Å². The topological polar surface area (TPSA) is 60.7 Å². The van der Waals surface area contributed by atoms with Gasteiger partial charge in [0.05, 0.1) is 10.6 Å². The molecule has 5 rings (SSSR count). The van der Waals surface area contributed by atoms with Crippen molar-refractivity contribution in [3.8, 4) is 5.75 Å². The Labute approximate surface area is 169 Å². The molecule has 146 valence electrons. The van der Waals surface area contributed by atoms with Crippen LogP contribution in [0.5, 0.6) is 5.75 Å². The first-order valence-corrected chi connectivity index (χ1v) is 10.1. The zero-order chi connectivity index (χ0) is 20.3. The summed E-state index contributed by atoms with van der Waals surface area (Å²) in [6.45, 7) is 3.29. The van der Waals surface area contributed by atoms with Gasteiger partial charge >= 0.3 is 0 Å². The molecule has 0 fully saturated rings. The molecule has 2 aliphatic rings. The highest BCUT2D eigenvalue weighted by atomic mass is 32.1. The van der Waals surface area contributed by atoms with Gasteiger partial charge in [-0.25, -0.2) is 9.38 Å². The normalized spacial score (nSPS) is 24.9. The van der Waals surface area contributed by atoms with Gasteiger partial charge in [0, 0.05) is 5.56 Å². The summed E-state index contributed by atoms with van der Waals surface area (Å²) in [5.74, 6) is -0.442. The number of benzene rings is 2. The van der Waals surface area contributed by atoms with E-state index in [-0.39, 0.29) is 17.2 Å². The molecule has 0 N–H and O–H groups in total. The fraction of sp³-hybridized carbons (Fsp3) is 0.227. The minimum absolute atomic E-state index is 0.0878. The summed E-state index contributed by atoms with van der Waals surface area (Å²) in [4.78, 5) is 31.1. The van der Waals surface area contributed by atoms with Gasteiger partial charge in [0.1, 0.15) is 23.3 Å². The number of carbonyl (C=O) groups is 1. The van der Waals surface area contributed by atoms with E-state index >= 15 is 0 Å². The zero-order valence-electron chi connectivity index (χ0n) is 15.8. The summed E-state index contributed by atoms with van der Waals surface area (Å²) in [6, 6.07) is 13.0. The van der Waals surface area contributed by atoms with Crippen molar-refractivity contribution < 1.29 is 13.9 Å². The molecule has 3 aromatic rings. The van der Waals surface area contributed by atoms with Crippen molar-refractivity contribution >= 4 is 23.2 Å². The quantitative estimate of drug-likeness (QED) is 0.654. The minimum Gasteiger partial charge on any atom is -0.465 e. The number of halogens is 1. The van der Waals surface area contributed by atoms with E-state index in [1.165, 1.54) is 30.4 Å². The molecule has 2 unspecified atom stereocenters. The zero-order valence-corrected chi connectivity index (χ0v) is 16.6. The molecule has 0 aliphatic carbocycles. The third-order valence-electron chi connectivity index (χ3n) is 5.46. The van der Waals surface area contributed by atoms with Crippen molar-refractivity contribution in [3.05, 3.63) is 85.2 Å². The van der Waals surface area contributed by atoms with Gasteiger partial charge in [0.2, 0.25) is 5.72 Å². The molecule has 1 aromatic heterocycles. The second-order valence-corrected chi connectivity index (χ2v) is 8.47. The van der Waals surface area contributed by atoms with E-state index in [9.17, 15) is 14.0 Å². The molecule has 0 saturated carbocycles. The van der Waals surface area contributed by atoms with Crippen molar-refractivity contribution in [3.63, 3.8) is 0 Å². The van der Waals surface area contributed by atoms with Gasteiger partial charge in [-0.15, -0.1) is 0 Å². The molecule has 5 nitrogen and oxygen atoms in total. The maximum absolute atomic E-state index is 13.6. The first-order valence-electron chi connectivity index (χ1n) is 9.24. The summed E-state index contributed by atoms with van der Waals surface area (Å²) < 4.78 is 21.7. The lowest BCUT2D eigenvalue weighted by molar-refractivity contribution is -0.132. The molecular formula is C22H17FN2O3S. The number of aromatic nitrogens is 1. The highest BCUT2D eigenvalue weighted by Gasteiger charge is 2.53. The third kappa shape index (κ3) is 2.68. The maximum Gasteiger partial charge on any atom is 0.270 e. The van der Waals surface area contributed by atoms with E-state index in [1.54, 1.807) is 29.7 Å². The maximum atomic E-state index is 13.6. The van der Waals surface area contributed by atoms with Crippen LogP contribution < -0.4 is 19.6 Å². The summed E-state index contributed by atoms with van der Waals surface area (Å²) in [5, 5.41) is 0. The Hall–Kier alpha value is -3.06. The monoisotopic (exact) mass is 408 g/mol. The molecule has 7 heteroatoms. The Bertz CT molecular complexity index is 1340. The predicted octanol–water partition coefficient (Wildman–Crippen LogP) is 2.41. The SMILES string of the molecule is CC(=O)C1C2c3ccccc3O[C@]1(C)N=c1sc(=Cc3cccc(F)c3)c(=O)n12. The average molecular weight is 408 g/mol. The Morgan fingerprint density at radius 3 is 2.83 bits per heavy atom. The standard InChI is InChI=1S/C22H17FN2O3S/c1-12(26)18-19-15-8-3-4-9-16(15)28-22(18,2)24-21-25(19)20(27)17(29-21)11-13-6-5-7-14(23)10-13/h3-11,18-19H,1-2H3/t18?,19?,22-/m0/s1. The number of rotatable bonds is 2. The largest absolute Gasteiger partial charge is 0.465 e. The van der Waals surface area contributed by atoms with Gasteiger partial charge in [-0.1, -0.05) is 41.7 Å². The van der Waals surface area contributed by atoms with Gasteiger partial charge < -0.3 is 4.74 Å². The first kappa shape index (κ1) is 18.0. The molecular weight excluding hydrogens is 391 g/mol. The number of para-hydroxylation sites is 1. The molecule has 2 aliphatic heterocycles. The second kappa shape index (κ2) is 6.22. The van der Waals surface area contributed by atoms with E-state index in [1.807, 2.05) is 24.3 Å². The van der Waals surface area contributed by atoms with Gasteiger partial charge in [0.25, 0.3) is 5.56 Å². The second-order valence-electron chi connectivity index (χ2n) is 7.46. The summed E-state index contributed by atoms with van der Waals surface area (Å²) in [6.07, 6.45) is 1.65. The Kier molecular flexibility index (Phi) is 3.86. The number of Topliss-reactive ketones (excluding diaryl/α,β-unsaturated/α-hetero) is 1. The molecule has 2 aromatic carbocycles. The van der Waals surface area contributed by atoms with E-state index < -0.39 is 17.7 Å². The van der Waals surface area contributed by atoms with Crippen LogP contribution in [0.4, 0.5) is 4.39 Å². The molecule has 0 spiro atoms. The number of carbonyl (C=O) groups excluding carboxylic acids is 1. The van der Waals surface area contributed by atoms with Crippen LogP contribution in [0.15, 0.2) is 58.3 Å². The highest BCUT2D eigenvalue weighted by molar-refractivity contribution is 7.07. The van der Waals surface area contributed by atoms with Gasteiger partial charge in [-0.3, -0.25) is 14.2 Å². The Balaban J connectivity index is 1.81. The van der Waals surface area contributed by atoms with E-state index in [0.717, 1.165) is 5.56 Å². The molecule has 3 heterocycles. The molecule has 29 heavy (non-hydrogen) atoms. The van der Waals surface area contributed by atoms with Crippen LogP contribution in [0.3, 0.4) is 0 Å². The lowest BCUT2D eigenvalue weighted by atomic mass is 9.79. The molecule has 0 radical (unpaired) electrons. The van der Waals surface area contributed by atoms with Crippen LogP contribution in [0.25, 0.3) is 6.08 Å². The number of hydrogen-bond donors (Lipinski definition) is 0. The van der Waals surface area contributed by atoms with E-state index in [0.29, 0.717) is 20.6 Å². The average Bonchev–Trinajstić information content (AvgIpc) is 2.94. The van der Waals surface area contributed by atoms with Crippen LogP contribution in [0.2, 0.25) is 0 Å². The molecule has 0 amide bonds. The number of ketones is 1. The van der Waals surface area contributed by atoms with Crippen molar-refractivity contribution in [2.75, 3.05) is 0 Å². The number of fused-ring (bicyclic) bond motifs is 6. The van der Waals surface area contributed by atoms with Crippen LogP contribution in [0, 0.1) is 11.7 Å². The summed E-state index contributed by atoms with van der Waals surface area (Å²) in [7, 11) is 0. The lowest BCUT2D eigenvalue weighted by Gasteiger charge is -2.45. The third-order valence-corrected chi connectivity index (χ3v) is 6.45. The number of hydrogen-bond acceptors (Lipinski definition) is 5. The van der Waals surface area contributed by atoms with Crippen LogP contribution in [-0.4, -0.2) is 16.1 Å². The lowest BCUT2D eigenvalue weighted by Crippen LogP contribution is -2.58. The minimum atomic E-state index is -1.09. The smallest absolute Gasteiger partial charge is 0.270 e. The van der Waals surface area contributed by atoms with Gasteiger partial charge in [-0.05, 0) is 43.7 Å². The summed E-state index contributed by atoms with van der Waals surface area (Å²) in [5.41, 5.74) is 0.0555. The van der Waals surface area contributed by atoms with E-state index in [4.69, 9.17) is 4.74 Å². The first-order chi connectivity index (χ1) is 13.9. The number of ether oxygens (including phenoxy) is 1. The summed E-state index contributed by atoms with van der Waals surface area (Å²) >= 11 is 1.22. The molecule has 0 saturated heterocycles. The fourth-order valence-electron chi connectivity index (χ4n) is 4.30. The Morgan fingerprint density at radius 2 is 2.07 bits per heavy atom. The fourth-order valence-corrected chi connectivity index (χ4v) is 5.40. The molecule has 3 atom stereocenters. The Morgan fingerprint density at radius 1 is 1.28 bits per heavy atom. The van der Waals surface area contributed by atoms with Crippen molar-refractivity contribution in [1.82, 2.24) is 4.57 Å². The van der Waals surface area contributed by atoms with Crippen LogP contribution in [-0.2, 0) is 4.79 Å². The van der Waals surface area contributed by atoms with Gasteiger partial charge in [-0.2, -0.15) is 0 Å². The molecule has 2 bridgehead atoms. The number of thiazole rings is 1. The van der Waals surface area contributed by atoms with Gasteiger partial charge in [0.15, 0.2) is 4.80 Å². The van der Waals surface area contributed by atoms with Crippen LogP contribution in [0.1, 0.15) is 31.0 Å². The van der Waals surface area contributed by atoms with Crippen molar-refractivity contribution in [1.29, 1.82) is 0 Å². The predicted molar refractivity (Wildman–Crippen MR) is 107 cm³/mol. The highest BCUT2D eigenvalue weighted by Crippen LogP contribution is 2.47. The number of nitrogens with zero attached hydrogens (tertiary/aromatic N) is 2.